The molecule has 0 saturated heterocycles. The summed E-state index contributed by atoms with van der Waals surface area (Å²) in [7, 11) is 0. The first-order valence-electron chi connectivity index (χ1n) is 5.36. The van der Waals surface area contributed by atoms with Gasteiger partial charge in [-0.15, -0.1) is 11.8 Å². The van der Waals surface area contributed by atoms with E-state index in [1.54, 1.807) is 23.9 Å². The third kappa shape index (κ3) is 3.65. The van der Waals surface area contributed by atoms with E-state index in [1.165, 1.54) is 0 Å². The largest absolute Gasteiger partial charge is 0.389 e. The number of carbonyl (C=O) groups is 1. The first-order chi connectivity index (χ1) is 7.45. The maximum absolute atomic E-state index is 10.5. The molecule has 88 valence electrons. The van der Waals surface area contributed by atoms with Gasteiger partial charge in [-0.25, -0.2) is 0 Å². The molecule has 1 rings (SSSR count). The number of thioether (sulfide) groups is 1. The van der Waals surface area contributed by atoms with E-state index in [0.29, 0.717) is 11.3 Å². The molecule has 0 saturated carbocycles. The van der Waals surface area contributed by atoms with Crippen molar-refractivity contribution in [3.8, 4) is 0 Å². The van der Waals surface area contributed by atoms with Crippen molar-refractivity contribution in [1.82, 2.24) is 0 Å². The highest BCUT2D eigenvalue weighted by molar-refractivity contribution is 7.99. The van der Waals surface area contributed by atoms with Gasteiger partial charge < -0.3 is 5.11 Å². The quantitative estimate of drug-likeness (QED) is 0.633. The lowest BCUT2D eigenvalue weighted by Gasteiger charge is -2.27. The van der Waals surface area contributed by atoms with E-state index in [1.807, 2.05) is 32.9 Å². The topological polar surface area (TPSA) is 37.3 Å². The lowest BCUT2D eigenvalue weighted by atomic mass is 9.95. The van der Waals surface area contributed by atoms with E-state index < -0.39 is 5.60 Å². The summed E-state index contributed by atoms with van der Waals surface area (Å²) in [6, 6.07) is 7.40. The first kappa shape index (κ1) is 13.3. The Balaban J connectivity index is 2.58. The molecule has 0 heterocycles. The van der Waals surface area contributed by atoms with Crippen LogP contribution in [0.25, 0.3) is 0 Å². The van der Waals surface area contributed by atoms with E-state index >= 15 is 0 Å². The van der Waals surface area contributed by atoms with Crippen molar-refractivity contribution in [1.29, 1.82) is 0 Å². The number of aliphatic hydroxyl groups is 1. The highest BCUT2D eigenvalue weighted by atomic mass is 32.2. The Hall–Kier alpha value is -0.800. The standard InChI is InChI=1S/C13H18O2S/c1-10(2)13(3,15)9-16-12-6-4-11(8-14)5-7-12/h4-8,10,15H,9H2,1-3H3. The van der Waals surface area contributed by atoms with E-state index in [2.05, 4.69) is 0 Å². The average Bonchev–Trinajstić information content (AvgIpc) is 2.27. The van der Waals surface area contributed by atoms with Gasteiger partial charge in [0.1, 0.15) is 6.29 Å². The maximum atomic E-state index is 10.5. The fraction of sp³-hybridized carbons (Fsp3) is 0.462. The van der Waals surface area contributed by atoms with Crippen LogP contribution in [0.15, 0.2) is 29.2 Å². The zero-order valence-electron chi connectivity index (χ0n) is 9.93. The molecule has 0 fully saturated rings. The van der Waals surface area contributed by atoms with Gasteiger partial charge in [0.05, 0.1) is 5.60 Å². The summed E-state index contributed by atoms with van der Waals surface area (Å²) < 4.78 is 0. The molecule has 0 aliphatic carbocycles. The van der Waals surface area contributed by atoms with Crippen LogP contribution in [0.2, 0.25) is 0 Å². The third-order valence-corrected chi connectivity index (χ3v) is 4.13. The van der Waals surface area contributed by atoms with Crippen molar-refractivity contribution in [3.63, 3.8) is 0 Å². The number of hydrogen-bond donors (Lipinski definition) is 1. The zero-order valence-corrected chi connectivity index (χ0v) is 10.8. The summed E-state index contributed by atoms with van der Waals surface area (Å²) >= 11 is 1.61. The zero-order chi connectivity index (χ0) is 12.2. The molecular weight excluding hydrogens is 220 g/mol. The first-order valence-corrected chi connectivity index (χ1v) is 6.34. The van der Waals surface area contributed by atoms with Crippen LogP contribution in [-0.2, 0) is 0 Å². The molecule has 16 heavy (non-hydrogen) atoms. The fourth-order valence-corrected chi connectivity index (χ4v) is 2.16. The van der Waals surface area contributed by atoms with Crippen LogP contribution < -0.4 is 0 Å². The van der Waals surface area contributed by atoms with Crippen molar-refractivity contribution >= 4 is 18.0 Å². The van der Waals surface area contributed by atoms with Crippen molar-refractivity contribution < 1.29 is 9.90 Å². The number of carbonyl (C=O) groups excluding carboxylic acids is 1. The summed E-state index contributed by atoms with van der Waals surface area (Å²) in [6.45, 7) is 5.87. The average molecular weight is 238 g/mol. The Kier molecular flexibility index (Phi) is 4.56. The second-order valence-electron chi connectivity index (χ2n) is 4.49. The van der Waals surface area contributed by atoms with Crippen LogP contribution in [0.5, 0.6) is 0 Å². The third-order valence-electron chi connectivity index (χ3n) is 2.79. The van der Waals surface area contributed by atoms with Crippen LogP contribution in [0, 0.1) is 5.92 Å². The van der Waals surface area contributed by atoms with Gasteiger partial charge in [0.25, 0.3) is 0 Å². The maximum Gasteiger partial charge on any atom is 0.150 e. The van der Waals surface area contributed by atoms with Crippen molar-refractivity contribution in [2.75, 3.05) is 5.75 Å². The van der Waals surface area contributed by atoms with Crippen molar-refractivity contribution in [3.05, 3.63) is 29.8 Å². The highest BCUT2D eigenvalue weighted by Gasteiger charge is 2.24. The molecule has 0 aromatic heterocycles. The molecule has 1 N–H and O–H groups in total. The predicted octanol–water partition coefficient (Wildman–Crippen LogP) is 3.00. The van der Waals surface area contributed by atoms with Crippen LogP contribution in [-0.4, -0.2) is 22.7 Å². The van der Waals surface area contributed by atoms with E-state index in [0.717, 1.165) is 11.2 Å². The van der Waals surface area contributed by atoms with Crippen LogP contribution in [0.3, 0.4) is 0 Å². The van der Waals surface area contributed by atoms with Gasteiger partial charge in [-0.1, -0.05) is 26.0 Å². The smallest absolute Gasteiger partial charge is 0.150 e. The minimum atomic E-state index is -0.659. The number of hydrogen-bond acceptors (Lipinski definition) is 3. The second kappa shape index (κ2) is 5.51. The molecular formula is C13H18O2S. The Morgan fingerprint density at radius 1 is 1.38 bits per heavy atom. The second-order valence-corrected chi connectivity index (χ2v) is 5.54. The van der Waals surface area contributed by atoms with E-state index in [-0.39, 0.29) is 5.92 Å². The summed E-state index contributed by atoms with van der Waals surface area (Å²) in [5, 5.41) is 10.1. The molecule has 0 radical (unpaired) electrons. The Morgan fingerprint density at radius 3 is 2.38 bits per heavy atom. The normalized spacial score (nSPS) is 14.8. The van der Waals surface area contributed by atoms with E-state index in [9.17, 15) is 9.90 Å². The van der Waals surface area contributed by atoms with Gasteiger partial charge >= 0.3 is 0 Å². The van der Waals surface area contributed by atoms with Gasteiger partial charge in [0.2, 0.25) is 0 Å². The Labute approximate surface area is 101 Å². The van der Waals surface area contributed by atoms with Crippen molar-refractivity contribution in [2.45, 2.75) is 31.3 Å². The van der Waals surface area contributed by atoms with Gasteiger partial charge in [-0.2, -0.15) is 0 Å². The molecule has 0 bridgehead atoms. The van der Waals surface area contributed by atoms with Gasteiger partial charge in [0, 0.05) is 16.2 Å². The molecule has 1 atom stereocenters. The predicted molar refractivity (Wildman–Crippen MR) is 68.0 cm³/mol. The van der Waals surface area contributed by atoms with Crippen LogP contribution in [0.4, 0.5) is 0 Å². The van der Waals surface area contributed by atoms with Gasteiger partial charge in [-0.05, 0) is 25.0 Å². The number of aldehydes is 1. The SMILES string of the molecule is CC(C)C(C)(O)CSc1ccc(C=O)cc1. The Bertz CT molecular complexity index is 341. The van der Waals surface area contributed by atoms with Crippen LogP contribution >= 0.6 is 11.8 Å². The molecule has 1 aromatic rings. The van der Waals surface area contributed by atoms with Gasteiger partial charge in [-0.3, -0.25) is 4.79 Å². The van der Waals surface area contributed by atoms with E-state index in [4.69, 9.17) is 0 Å². The fourth-order valence-electron chi connectivity index (χ4n) is 1.04. The van der Waals surface area contributed by atoms with Crippen LogP contribution in [0.1, 0.15) is 31.1 Å². The van der Waals surface area contributed by atoms with Gasteiger partial charge in [0.15, 0.2) is 0 Å². The van der Waals surface area contributed by atoms with Crippen molar-refractivity contribution in [2.24, 2.45) is 5.92 Å². The molecule has 1 aromatic carbocycles. The molecule has 0 aliphatic heterocycles. The summed E-state index contributed by atoms with van der Waals surface area (Å²) in [4.78, 5) is 11.6. The number of rotatable bonds is 5. The molecule has 1 unspecified atom stereocenters. The molecule has 2 nitrogen and oxygen atoms in total. The molecule has 0 aliphatic rings. The lowest BCUT2D eigenvalue weighted by molar-refractivity contribution is 0.0376. The highest BCUT2D eigenvalue weighted by Crippen LogP contribution is 2.27. The molecule has 0 amide bonds. The minimum absolute atomic E-state index is 0.231. The monoisotopic (exact) mass is 238 g/mol. The molecule has 0 spiro atoms. The summed E-state index contributed by atoms with van der Waals surface area (Å²) in [5.41, 5.74) is 0.0218. The summed E-state index contributed by atoms with van der Waals surface area (Å²) in [6.07, 6.45) is 0.832. The lowest BCUT2D eigenvalue weighted by Crippen LogP contribution is -2.33. The molecule has 3 heteroatoms. The summed E-state index contributed by atoms with van der Waals surface area (Å²) in [5.74, 6) is 0.889. The number of benzene rings is 1. The Morgan fingerprint density at radius 2 is 1.94 bits per heavy atom. The minimum Gasteiger partial charge on any atom is -0.389 e.